The Bertz CT molecular complexity index is 1340. The first-order valence-electron chi connectivity index (χ1n) is 10.5. The molecular weight excluding hydrogens is 454 g/mol. The maximum absolute atomic E-state index is 11.1. The molecule has 0 aliphatic rings. The number of fused-ring (bicyclic) bond motifs is 1. The second kappa shape index (κ2) is 10.7. The summed E-state index contributed by atoms with van der Waals surface area (Å²) in [7, 11) is 0. The summed E-state index contributed by atoms with van der Waals surface area (Å²) < 4.78 is 5.83. The third-order valence-corrected chi connectivity index (χ3v) is 5.13. The van der Waals surface area contributed by atoms with Crippen LogP contribution in [0.3, 0.4) is 0 Å². The molecule has 0 saturated heterocycles. The van der Waals surface area contributed by atoms with Crippen LogP contribution in [-0.4, -0.2) is 39.1 Å². The van der Waals surface area contributed by atoms with E-state index in [1.165, 1.54) is 6.33 Å². The average molecular weight is 476 g/mol. The number of aromatic nitrogens is 3. The topological polar surface area (TPSA) is 109 Å². The van der Waals surface area contributed by atoms with E-state index >= 15 is 0 Å². The zero-order chi connectivity index (χ0) is 23.9. The molecule has 0 aliphatic heterocycles. The standard InChI is InChI=1S/C25H22ClN5O3/c1-16-4-7-19(13-28-16)34-23-9-6-18(12-21(23)26)31-25-20-11-17(3-2-10-27-24(33)14-32)5-8-22(20)29-15-30-25/h2-9,11-13,15,32H,10,14H2,1H3,(H,27,33)(H,29,30,31). The Labute approximate surface area is 201 Å². The summed E-state index contributed by atoms with van der Waals surface area (Å²) in [6, 6.07) is 14.9. The zero-order valence-electron chi connectivity index (χ0n) is 18.3. The van der Waals surface area contributed by atoms with Gasteiger partial charge in [-0.05, 0) is 55.0 Å². The Morgan fingerprint density at radius 2 is 2.00 bits per heavy atom. The molecule has 1 amide bonds. The first kappa shape index (κ1) is 23.2. The van der Waals surface area contributed by atoms with Crippen LogP contribution in [0, 0.1) is 6.92 Å². The summed E-state index contributed by atoms with van der Waals surface area (Å²) in [6.07, 6.45) is 6.82. The van der Waals surface area contributed by atoms with Crippen molar-refractivity contribution in [1.82, 2.24) is 20.3 Å². The predicted octanol–water partition coefficient (Wildman–Crippen LogP) is 4.64. The third kappa shape index (κ3) is 5.86. The summed E-state index contributed by atoms with van der Waals surface area (Å²) in [5.41, 5.74) is 3.34. The van der Waals surface area contributed by atoms with Gasteiger partial charge in [0.05, 0.1) is 16.7 Å². The monoisotopic (exact) mass is 475 g/mol. The van der Waals surface area contributed by atoms with Crippen molar-refractivity contribution in [3.05, 3.63) is 83.4 Å². The molecule has 172 valence electrons. The van der Waals surface area contributed by atoms with Crippen LogP contribution in [0.1, 0.15) is 11.3 Å². The van der Waals surface area contributed by atoms with Gasteiger partial charge in [-0.2, -0.15) is 0 Å². The molecule has 0 unspecified atom stereocenters. The molecule has 2 heterocycles. The van der Waals surface area contributed by atoms with Crippen LogP contribution in [0.4, 0.5) is 11.5 Å². The van der Waals surface area contributed by atoms with Gasteiger partial charge in [0.2, 0.25) is 5.91 Å². The highest BCUT2D eigenvalue weighted by Crippen LogP contribution is 2.33. The molecule has 0 fully saturated rings. The van der Waals surface area contributed by atoms with E-state index in [9.17, 15) is 4.79 Å². The highest BCUT2D eigenvalue weighted by molar-refractivity contribution is 6.32. The number of hydrogen-bond donors (Lipinski definition) is 3. The van der Waals surface area contributed by atoms with Crippen molar-refractivity contribution < 1.29 is 14.6 Å². The number of carbonyl (C=O) groups is 1. The molecule has 4 rings (SSSR count). The van der Waals surface area contributed by atoms with Gasteiger partial charge in [0, 0.05) is 23.3 Å². The van der Waals surface area contributed by atoms with Crippen LogP contribution >= 0.6 is 11.6 Å². The van der Waals surface area contributed by atoms with Crippen LogP contribution < -0.4 is 15.4 Å². The smallest absolute Gasteiger partial charge is 0.245 e. The van der Waals surface area contributed by atoms with Crippen LogP contribution in [-0.2, 0) is 4.79 Å². The van der Waals surface area contributed by atoms with Crippen molar-refractivity contribution in [2.75, 3.05) is 18.5 Å². The van der Waals surface area contributed by atoms with Crippen LogP contribution in [0.5, 0.6) is 11.5 Å². The van der Waals surface area contributed by atoms with Crippen molar-refractivity contribution >= 4 is 46.0 Å². The number of ether oxygens (including phenoxy) is 1. The van der Waals surface area contributed by atoms with Gasteiger partial charge in [-0.3, -0.25) is 9.78 Å². The Balaban J connectivity index is 1.51. The van der Waals surface area contributed by atoms with Gasteiger partial charge >= 0.3 is 0 Å². The van der Waals surface area contributed by atoms with Crippen molar-refractivity contribution in [3.63, 3.8) is 0 Å². The summed E-state index contributed by atoms with van der Waals surface area (Å²) in [6.45, 7) is 1.70. The SMILES string of the molecule is Cc1ccc(Oc2ccc(Nc3ncnc4ccc(C=CCNC(=O)CO)cc34)cc2Cl)cn1. The first-order chi connectivity index (χ1) is 16.5. The fourth-order valence-corrected chi connectivity index (χ4v) is 3.36. The van der Waals surface area contributed by atoms with Crippen molar-refractivity contribution in [2.24, 2.45) is 0 Å². The summed E-state index contributed by atoms with van der Waals surface area (Å²) in [5.74, 6) is 1.33. The number of pyridine rings is 1. The van der Waals surface area contributed by atoms with E-state index in [0.29, 0.717) is 28.9 Å². The van der Waals surface area contributed by atoms with Crippen LogP contribution in [0.2, 0.25) is 5.02 Å². The lowest BCUT2D eigenvalue weighted by Crippen LogP contribution is -2.25. The molecule has 0 spiro atoms. The van der Waals surface area contributed by atoms with Gasteiger partial charge in [0.15, 0.2) is 0 Å². The second-order valence-corrected chi connectivity index (χ2v) is 7.78. The molecule has 9 heteroatoms. The van der Waals surface area contributed by atoms with Gasteiger partial charge in [0.25, 0.3) is 0 Å². The van der Waals surface area contributed by atoms with Crippen molar-refractivity contribution in [1.29, 1.82) is 0 Å². The molecule has 0 atom stereocenters. The summed E-state index contributed by atoms with van der Waals surface area (Å²) >= 11 is 6.45. The number of anilines is 2. The third-order valence-electron chi connectivity index (χ3n) is 4.84. The Hall–Kier alpha value is -4.01. The van der Waals surface area contributed by atoms with Crippen molar-refractivity contribution in [2.45, 2.75) is 6.92 Å². The van der Waals surface area contributed by atoms with E-state index in [1.807, 2.05) is 49.4 Å². The number of hydrogen-bond acceptors (Lipinski definition) is 7. The minimum Gasteiger partial charge on any atom is -0.454 e. The van der Waals surface area contributed by atoms with Gasteiger partial charge in [-0.15, -0.1) is 0 Å². The highest BCUT2D eigenvalue weighted by Gasteiger charge is 2.09. The van der Waals surface area contributed by atoms with E-state index in [2.05, 4.69) is 25.6 Å². The lowest BCUT2D eigenvalue weighted by Gasteiger charge is -2.12. The van der Waals surface area contributed by atoms with E-state index in [4.69, 9.17) is 21.4 Å². The second-order valence-electron chi connectivity index (χ2n) is 7.37. The minimum atomic E-state index is -0.531. The molecule has 4 aromatic rings. The van der Waals surface area contributed by atoms with Crippen LogP contribution in [0.15, 0.2) is 67.1 Å². The molecule has 3 N–H and O–H groups in total. The normalized spacial score (nSPS) is 11.0. The zero-order valence-corrected chi connectivity index (χ0v) is 19.1. The number of rotatable bonds is 8. The van der Waals surface area contributed by atoms with E-state index < -0.39 is 12.5 Å². The largest absolute Gasteiger partial charge is 0.454 e. The molecule has 2 aromatic carbocycles. The molecule has 0 radical (unpaired) electrons. The van der Waals surface area contributed by atoms with Gasteiger partial charge in [-0.1, -0.05) is 29.8 Å². The van der Waals surface area contributed by atoms with E-state index in [0.717, 1.165) is 27.8 Å². The number of nitrogens with one attached hydrogen (secondary N) is 2. The maximum Gasteiger partial charge on any atom is 0.245 e. The minimum absolute atomic E-state index is 0.319. The van der Waals surface area contributed by atoms with Gasteiger partial charge in [-0.25, -0.2) is 9.97 Å². The Morgan fingerprint density at radius 1 is 1.12 bits per heavy atom. The molecule has 2 aromatic heterocycles. The number of aliphatic hydroxyl groups excluding tert-OH is 1. The molecular formula is C25H22ClN5O3. The van der Waals surface area contributed by atoms with E-state index in [1.54, 1.807) is 24.4 Å². The molecule has 0 saturated carbocycles. The fourth-order valence-electron chi connectivity index (χ4n) is 3.14. The molecule has 34 heavy (non-hydrogen) atoms. The highest BCUT2D eigenvalue weighted by atomic mass is 35.5. The quantitative estimate of drug-likeness (QED) is 0.340. The molecule has 0 aliphatic carbocycles. The number of carbonyl (C=O) groups excluding carboxylic acids is 1. The Morgan fingerprint density at radius 3 is 2.76 bits per heavy atom. The number of amides is 1. The number of halogens is 1. The van der Waals surface area contributed by atoms with Crippen molar-refractivity contribution in [3.8, 4) is 11.5 Å². The number of nitrogens with zero attached hydrogens (tertiary/aromatic N) is 3. The maximum atomic E-state index is 11.1. The first-order valence-corrected chi connectivity index (χ1v) is 10.9. The van der Waals surface area contributed by atoms with Gasteiger partial charge < -0.3 is 20.5 Å². The van der Waals surface area contributed by atoms with E-state index in [-0.39, 0.29) is 0 Å². The fraction of sp³-hybridized carbons (Fsp3) is 0.120. The summed E-state index contributed by atoms with van der Waals surface area (Å²) in [5, 5.41) is 15.9. The number of aliphatic hydroxyl groups is 1. The summed E-state index contributed by atoms with van der Waals surface area (Å²) in [4.78, 5) is 24.1. The van der Waals surface area contributed by atoms with Gasteiger partial charge in [0.1, 0.15) is 30.3 Å². The van der Waals surface area contributed by atoms with Crippen LogP contribution in [0.25, 0.3) is 17.0 Å². The molecule has 0 bridgehead atoms. The molecule has 8 nitrogen and oxygen atoms in total. The Kier molecular flexibility index (Phi) is 7.31. The predicted molar refractivity (Wildman–Crippen MR) is 132 cm³/mol. The number of benzene rings is 2. The number of aryl methyl sites for hydroxylation is 1. The lowest BCUT2D eigenvalue weighted by atomic mass is 10.1. The average Bonchev–Trinajstić information content (AvgIpc) is 2.85. The lowest BCUT2D eigenvalue weighted by molar-refractivity contribution is -0.123.